The Hall–Kier alpha value is -6.28. The van der Waals surface area contributed by atoms with Gasteiger partial charge >= 0.3 is 42.6 Å². The van der Waals surface area contributed by atoms with Gasteiger partial charge in [0.15, 0.2) is 0 Å². The number of ether oxygens (including phenoxy) is 1. The first kappa shape index (κ1) is 52.1. The number of rotatable bonds is 10. The third kappa shape index (κ3) is 14.9. The molecule has 352 valence electrons. The Morgan fingerprint density at radius 1 is 0.891 bits per heavy atom. The topological polar surface area (TPSA) is 253 Å². The lowest BCUT2D eigenvalue weighted by molar-refractivity contribution is -0.193. The summed E-state index contributed by atoms with van der Waals surface area (Å²) < 4.78 is 143. The molecule has 0 aromatic carbocycles. The standard InChI is InChI=1S/C29H32F3N9O2.3C2HF3O2/c30-29(31,32)24-11-19(13-34-9-10-42)12-25(39-24)43-22-3-1-21(2-4-22)40-16-28(17-40,6-7-33)41-15-20(14-38-41)26-23-5-8-35-27(23)37-18-36-26;3*3-2(4,5)1(6)7/h5,8,11-12,14-15,18,21-22,34,42H,1-4,6,9-10,13,16-17H2,(H,35,36,37);3*(H,6,7)/t21-,22+;;;. The van der Waals surface area contributed by atoms with Gasteiger partial charge in [0, 0.05) is 61.6 Å². The summed E-state index contributed by atoms with van der Waals surface area (Å²) in [4.78, 5) is 44.6. The highest BCUT2D eigenvalue weighted by Gasteiger charge is 2.48. The largest absolute Gasteiger partial charge is 0.490 e. The minimum atomic E-state index is -5.08. The predicted molar refractivity (Wildman–Crippen MR) is 191 cm³/mol. The number of nitrogens with zero attached hydrogens (tertiary/aromatic N) is 7. The second kappa shape index (κ2) is 21.4. The molecule has 1 saturated heterocycles. The van der Waals surface area contributed by atoms with Crippen LogP contribution in [0.4, 0.5) is 52.7 Å². The molecule has 0 radical (unpaired) electrons. The second-order valence-corrected chi connectivity index (χ2v) is 13.7. The van der Waals surface area contributed by atoms with Crippen molar-refractivity contribution < 1.29 is 92.2 Å². The minimum Gasteiger partial charge on any atom is -0.475 e. The van der Waals surface area contributed by atoms with Crippen LogP contribution in [-0.4, -0.2) is 130 Å². The number of nitrogens with one attached hydrogen (secondary N) is 2. The fourth-order valence-electron chi connectivity index (χ4n) is 6.14. The Bertz CT molecular complexity index is 2170. The van der Waals surface area contributed by atoms with Gasteiger partial charge in [-0.25, -0.2) is 29.3 Å². The van der Waals surface area contributed by atoms with E-state index in [1.165, 1.54) is 12.4 Å². The Morgan fingerprint density at radius 2 is 1.45 bits per heavy atom. The van der Waals surface area contributed by atoms with Crippen molar-refractivity contribution in [1.29, 1.82) is 5.26 Å². The summed E-state index contributed by atoms with van der Waals surface area (Å²) in [6.07, 6.45) is -9.66. The van der Waals surface area contributed by atoms with Crippen LogP contribution >= 0.6 is 0 Å². The number of aliphatic hydroxyl groups excluding tert-OH is 1. The van der Waals surface area contributed by atoms with Gasteiger partial charge in [-0.15, -0.1) is 0 Å². The molecule has 6 rings (SSSR count). The van der Waals surface area contributed by atoms with E-state index < -0.39 is 53.8 Å². The summed E-state index contributed by atoms with van der Waals surface area (Å²) in [6.45, 7) is 1.70. The Labute approximate surface area is 351 Å². The molecule has 64 heavy (non-hydrogen) atoms. The summed E-state index contributed by atoms with van der Waals surface area (Å²) >= 11 is 0. The number of pyridine rings is 1. The average Bonchev–Trinajstić information content (AvgIpc) is 3.87. The van der Waals surface area contributed by atoms with E-state index in [-0.39, 0.29) is 37.7 Å². The SMILES string of the molecule is N#CCC1(n2cc(-c3ncnc4[nH]ccc34)cn2)CN([C@H]2CC[C@@H](Oc3cc(CNCCO)cc(C(F)(F)F)n3)CC2)C1.O=C(O)C(F)(F)F.O=C(O)C(F)(F)F.O=C(O)C(F)(F)F. The van der Waals surface area contributed by atoms with Crippen LogP contribution in [0.1, 0.15) is 43.4 Å². The Kier molecular flexibility index (Phi) is 17.4. The molecule has 4 aromatic heterocycles. The van der Waals surface area contributed by atoms with E-state index in [0.717, 1.165) is 41.2 Å². The third-order valence-corrected chi connectivity index (χ3v) is 9.04. The highest BCUT2D eigenvalue weighted by Crippen LogP contribution is 2.39. The molecule has 29 heteroatoms. The van der Waals surface area contributed by atoms with E-state index in [1.807, 2.05) is 23.1 Å². The van der Waals surface area contributed by atoms with Gasteiger partial charge in [-0.1, -0.05) is 0 Å². The molecule has 0 spiro atoms. The molecule has 0 bridgehead atoms. The van der Waals surface area contributed by atoms with E-state index in [2.05, 4.69) is 41.3 Å². The number of aromatic nitrogens is 6. The highest BCUT2D eigenvalue weighted by molar-refractivity contribution is 5.90. The number of aliphatic hydroxyl groups is 1. The molecule has 4 aromatic rings. The number of alkyl halides is 12. The van der Waals surface area contributed by atoms with Crippen molar-refractivity contribution in [1.82, 2.24) is 39.9 Å². The molecule has 1 saturated carbocycles. The van der Waals surface area contributed by atoms with Gasteiger partial charge < -0.3 is 35.5 Å². The second-order valence-electron chi connectivity index (χ2n) is 13.7. The van der Waals surface area contributed by atoms with E-state index in [1.54, 1.807) is 6.20 Å². The van der Waals surface area contributed by atoms with Crippen molar-refractivity contribution in [3.8, 4) is 23.2 Å². The fourth-order valence-corrected chi connectivity index (χ4v) is 6.14. The highest BCUT2D eigenvalue weighted by atomic mass is 19.4. The minimum absolute atomic E-state index is 0.0360. The molecule has 0 amide bonds. The summed E-state index contributed by atoms with van der Waals surface area (Å²) in [5, 5.41) is 48.4. The first-order valence-electron chi connectivity index (χ1n) is 18.0. The van der Waals surface area contributed by atoms with Crippen molar-refractivity contribution in [2.24, 2.45) is 0 Å². The van der Waals surface area contributed by atoms with E-state index in [9.17, 15) is 57.9 Å². The number of halogens is 12. The molecular weight excluding hydrogens is 902 g/mol. The number of nitriles is 1. The van der Waals surface area contributed by atoms with Gasteiger partial charge in [0.1, 0.15) is 29.3 Å². The number of carbonyl (C=O) groups is 3. The van der Waals surface area contributed by atoms with Gasteiger partial charge in [-0.2, -0.15) is 63.0 Å². The zero-order valence-corrected chi connectivity index (χ0v) is 32.4. The van der Waals surface area contributed by atoms with Crippen molar-refractivity contribution in [3.05, 3.63) is 54.4 Å². The summed E-state index contributed by atoms with van der Waals surface area (Å²) in [6, 6.07) is 7.08. The molecule has 6 N–H and O–H groups in total. The Balaban J connectivity index is 0.000000429. The van der Waals surface area contributed by atoms with Crippen LogP contribution in [0.5, 0.6) is 5.88 Å². The maximum Gasteiger partial charge on any atom is 0.490 e. The molecule has 17 nitrogen and oxygen atoms in total. The van der Waals surface area contributed by atoms with E-state index in [0.29, 0.717) is 37.9 Å². The fraction of sp³-hybridized carbons (Fsp3) is 0.486. The number of aliphatic carboxylic acids is 3. The summed E-state index contributed by atoms with van der Waals surface area (Å²) in [5.41, 5.74) is 1.35. The monoisotopic (exact) mass is 937 g/mol. The van der Waals surface area contributed by atoms with Gasteiger partial charge in [-0.05, 0) is 43.4 Å². The lowest BCUT2D eigenvalue weighted by atomic mass is 9.82. The molecule has 5 heterocycles. The molecule has 2 fully saturated rings. The first-order chi connectivity index (χ1) is 29.6. The molecule has 0 atom stereocenters. The van der Waals surface area contributed by atoms with Crippen molar-refractivity contribution in [2.75, 3.05) is 26.2 Å². The lowest BCUT2D eigenvalue weighted by Gasteiger charge is -2.53. The number of fused-ring (bicyclic) bond motifs is 1. The maximum absolute atomic E-state index is 13.5. The molecule has 1 aliphatic carbocycles. The van der Waals surface area contributed by atoms with Gasteiger partial charge in [-0.3, -0.25) is 9.58 Å². The zero-order valence-electron chi connectivity index (χ0n) is 32.4. The van der Waals surface area contributed by atoms with Gasteiger partial charge in [0.05, 0.1) is 31.0 Å². The van der Waals surface area contributed by atoms with Crippen LogP contribution in [0, 0.1) is 11.3 Å². The van der Waals surface area contributed by atoms with Gasteiger partial charge in [0.25, 0.3) is 0 Å². The van der Waals surface area contributed by atoms with Crippen molar-refractivity contribution >= 4 is 28.9 Å². The number of likely N-dealkylation sites (tertiary alicyclic amines) is 1. The zero-order chi connectivity index (χ0) is 48.3. The quantitative estimate of drug-likeness (QED) is 0.0845. The number of hydrogen-bond donors (Lipinski definition) is 6. The predicted octanol–water partition coefficient (Wildman–Crippen LogP) is 5.53. The lowest BCUT2D eigenvalue weighted by Crippen LogP contribution is -2.65. The normalized spacial score (nSPS) is 17.5. The molecule has 0 unspecified atom stereocenters. The number of H-pyrrole nitrogens is 1. The number of carboxylic acids is 3. The maximum atomic E-state index is 13.5. The van der Waals surface area contributed by atoms with E-state index >= 15 is 0 Å². The summed E-state index contributed by atoms with van der Waals surface area (Å²) in [7, 11) is 0. The summed E-state index contributed by atoms with van der Waals surface area (Å²) in [5.74, 6) is -8.31. The first-order valence-corrected chi connectivity index (χ1v) is 18.0. The van der Waals surface area contributed by atoms with Crippen LogP contribution in [-0.2, 0) is 32.6 Å². The van der Waals surface area contributed by atoms with E-state index in [4.69, 9.17) is 39.5 Å². The van der Waals surface area contributed by atoms with Crippen LogP contribution < -0.4 is 10.1 Å². The number of carboxylic acid groups (broad SMARTS) is 3. The van der Waals surface area contributed by atoms with Gasteiger partial charge in [0.2, 0.25) is 5.88 Å². The average molecular weight is 938 g/mol. The molecule has 2 aliphatic rings. The van der Waals surface area contributed by atoms with Crippen molar-refractivity contribution in [3.63, 3.8) is 0 Å². The van der Waals surface area contributed by atoms with Crippen LogP contribution in [0.2, 0.25) is 0 Å². The van der Waals surface area contributed by atoms with Crippen LogP contribution in [0.15, 0.2) is 43.1 Å². The van der Waals surface area contributed by atoms with Crippen LogP contribution in [0.25, 0.3) is 22.3 Å². The Morgan fingerprint density at radius 3 is 1.95 bits per heavy atom. The van der Waals surface area contributed by atoms with Crippen molar-refractivity contribution in [2.45, 2.75) is 81.0 Å². The number of aromatic amines is 1. The molecule has 1 aliphatic heterocycles. The third-order valence-electron chi connectivity index (χ3n) is 9.04. The smallest absolute Gasteiger partial charge is 0.475 e. The number of hydrogen-bond acceptors (Lipinski definition) is 12. The van der Waals surface area contributed by atoms with Crippen LogP contribution in [0.3, 0.4) is 0 Å². The molecular formula is C35H35F12N9O8.